The SMILES string of the molecule is C=C1C(=O)O[C@@H]2C=C3CCC(=O)[C@H](C)[C@@]3(C)C[C@H]12. The van der Waals surface area contributed by atoms with Crippen LogP contribution in [0.3, 0.4) is 0 Å². The van der Waals surface area contributed by atoms with Crippen molar-refractivity contribution >= 4 is 11.8 Å². The molecule has 0 N–H and O–H groups in total. The number of carbonyl (C=O) groups excluding carboxylic acids is 2. The zero-order chi connectivity index (χ0) is 13.1. The first-order valence-corrected chi connectivity index (χ1v) is 6.57. The van der Waals surface area contributed by atoms with Gasteiger partial charge in [-0.05, 0) is 24.3 Å². The molecule has 1 saturated carbocycles. The van der Waals surface area contributed by atoms with Gasteiger partial charge in [0.2, 0.25) is 0 Å². The fourth-order valence-electron chi connectivity index (χ4n) is 3.65. The zero-order valence-corrected chi connectivity index (χ0v) is 10.9. The van der Waals surface area contributed by atoms with Gasteiger partial charge in [0.05, 0.1) is 0 Å². The molecule has 0 unspecified atom stereocenters. The minimum atomic E-state index is -0.275. The van der Waals surface area contributed by atoms with Crippen LogP contribution < -0.4 is 0 Å². The molecule has 1 heterocycles. The maximum absolute atomic E-state index is 11.9. The second-order valence-corrected chi connectivity index (χ2v) is 6.00. The lowest BCUT2D eigenvalue weighted by Gasteiger charge is -2.46. The second kappa shape index (κ2) is 3.56. The molecule has 0 spiro atoms. The summed E-state index contributed by atoms with van der Waals surface area (Å²) in [5, 5.41) is 0. The van der Waals surface area contributed by atoms with E-state index in [0.717, 1.165) is 12.8 Å². The summed E-state index contributed by atoms with van der Waals surface area (Å²) >= 11 is 0. The van der Waals surface area contributed by atoms with Crippen molar-refractivity contribution in [3.05, 3.63) is 23.8 Å². The molecule has 0 aromatic carbocycles. The molecule has 3 heteroatoms. The third-order valence-electron chi connectivity index (χ3n) is 5.17. The number of fused-ring (bicyclic) bond motifs is 2. The molecule has 0 bridgehead atoms. The number of esters is 1. The Labute approximate surface area is 107 Å². The van der Waals surface area contributed by atoms with Gasteiger partial charge in [-0.25, -0.2) is 4.79 Å². The van der Waals surface area contributed by atoms with Gasteiger partial charge in [-0.2, -0.15) is 0 Å². The molecule has 0 aromatic rings. The summed E-state index contributed by atoms with van der Waals surface area (Å²) in [4.78, 5) is 23.5. The molecule has 3 nitrogen and oxygen atoms in total. The Balaban J connectivity index is 2.02. The molecule has 4 atom stereocenters. The lowest BCUT2D eigenvalue weighted by atomic mass is 9.57. The predicted molar refractivity (Wildman–Crippen MR) is 66.7 cm³/mol. The van der Waals surface area contributed by atoms with E-state index in [9.17, 15) is 9.59 Å². The fraction of sp³-hybridized carbons (Fsp3) is 0.600. The Hall–Kier alpha value is -1.38. The van der Waals surface area contributed by atoms with Crippen LogP contribution in [-0.2, 0) is 14.3 Å². The van der Waals surface area contributed by atoms with Crippen LogP contribution >= 0.6 is 0 Å². The van der Waals surface area contributed by atoms with E-state index in [1.54, 1.807) is 0 Å². The first-order valence-electron chi connectivity index (χ1n) is 6.57. The molecule has 1 saturated heterocycles. The average Bonchev–Trinajstić information content (AvgIpc) is 2.60. The summed E-state index contributed by atoms with van der Waals surface area (Å²) < 4.78 is 5.33. The smallest absolute Gasteiger partial charge is 0.334 e. The van der Waals surface area contributed by atoms with Gasteiger partial charge >= 0.3 is 5.97 Å². The predicted octanol–water partition coefficient (Wildman–Crippen LogP) is 2.42. The van der Waals surface area contributed by atoms with Gasteiger partial charge in [0.15, 0.2) is 0 Å². The highest BCUT2D eigenvalue weighted by atomic mass is 16.5. The van der Waals surface area contributed by atoms with E-state index in [1.807, 2.05) is 6.92 Å². The van der Waals surface area contributed by atoms with Crippen LogP contribution in [-0.4, -0.2) is 17.9 Å². The third-order valence-corrected chi connectivity index (χ3v) is 5.17. The Kier molecular flexibility index (Phi) is 2.31. The van der Waals surface area contributed by atoms with Crippen LogP contribution in [0.5, 0.6) is 0 Å². The van der Waals surface area contributed by atoms with Crippen molar-refractivity contribution in [1.29, 1.82) is 0 Å². The molecule has 2 fully saturated rings. The van der Waals surface area contributed by atoms with Gasteiger partial charge in [-0.1, -0.05) is 26.0 Å². The normalized spacial score (nSPS) is 43.1. The maximum atomic E-state index is 11.9. The molecule has 0 aromatic heterocycles. The fourth-order valence-corrected chi connectivity index (χ4v) is 3.65. The molecular formula is C15H18O3. The first-order chi connectivity index (χ1) is 8.43. The lowest BCUT2D eigenvalue weighted by molar-refractivity contribution is -0.138. The van der Waals surface area contributed by atoms with Gasteiger partial charge in [-0.3, -0.25) is 4.79 Å². The number of hydrogen-bond acceptors (Lipinski definition) is 3. The van der Waals surface area contributed by atoms with Crippen LogP contribution in [0.4, 0.5) is 0 Å². The Morgan fingerprint density at radius 3 is 2.83 bits per heavy atom. The Morgan fingerprint density at radius 2 is 2.11 bits per heavy atom. The van der Waals surface area contributed by atoms with Crippen molar-refractivity contribution in [3.63, 3.8) is 0 Å². The molecule has 0 amide bonds. The van der Waals surface area contributed by atoms with Crippen molar-refractivity contribution in [1.82, 2.24) is 0 Å². The molecular weight excluding hydrogens is 228 g/mol. The number of rotatable bonds is 0. The van der Waals surface area contributed by atoms with E-state index in [2.05, 4.69) is 19.6 Å². The van der Waals surface area contributed by atoms with Crippen LogP contribution in [0, 0.1) is 17.3 Å². The van der Waals surface area contributed by atoms with Gasteiger partial charge in [-0.15, -0.1) is 0 Å². The molecule has 18 heavy (non-hydrogen) atoms. The summed E-state index contributed by atoms with van der Waals surface area (Å²) in [7, 11) is 0. The quantitative estimate of drug-likeness (QED) is 0.374. The summed E-state index contributed by atoms with van der Waals surface area (Å²) in [6, 6.07) is 0. The number of ether oxygens (including phenoxy) is 1. The average molecular weight is 246 g/mol. The topological polar surface area (TPSA) is 43.4 Å². The molecule has 0 radical (unpaired) electrons. The van der Waals surface area contributed by atoms with E-state index >= 15 is 0 Å². The van der Waals surface area contributed by atoms with Gasteiger partial charge in [0.25, 0.3) is 0 Å². The zero-order valence-electron chi connectivity index (χ0n) is 10.9. The van der Waals surface area contributed by atoms with Gasteiger partial charge in [0.1, 0.15) is 11.9 Å². The van der Waals surface area contributed by atoms with E-state index in [4.69, 9.17) is 4.74 Å². The summed E-state index contributed by atoms with van der Waals surface area (Å²) in [6.07, 6.45) is 4.17. The summed E-state index contributed by atoms with van der Waals surface area (Å²) in [6.45, 7) is 8.00. The number of ketones is 1. The van der Waals surface area contributed by atoms with E-state index < -0.39 is 0 Å². The highest BCUT2D eigenvalue weighted by Crippen LogP contribution is 2.53. The number of Topliss-reactive ketones (excluding diaryl/α,β-unsaturated/α-hetero) is 1. The van der Waals surface area contributed by atoms with Crippen LogP contribution in [0.15, 0.2) is 23.8 Å². The van der Waals surface area contributed by atoms with Crippen molar-refractivity contribution < 1.29 is 14.3 Å². The van der Waals surface area contributed by atoms with E-state index in [1.165, 1.54) is 5.57 Å². The van der Waals surface area contributed by atoms with Crippen LogP contribution in [0.1, 0.15) is 33.1 Å². The number of hydrogen-bond donors (Lipinski definition) is 0. The Bertz CT molecular complexity index is 488. The maximum Gasteiger partial charge on any atom is 0.334 e. The molecule has 3 rings (SSSR count). The summed E-state index contributed by atoms with van der Waals surface area (Å²) in [5.41, 5.74) is 1.74. The van der Waals surface area contributed by atoms with E-state index in [0.29, 0.717) is 17.8 Å². The van der Waals surface area contributed by atoms with Gasteiger partial charge in [0, 0.05) is 23.8 Å². The first kappa shape index (κ1) is 11.7. The standard InChI is InChI=1S/C15H18O3/c1-8-11-7-15(3)9(2)12(16)5-4-10(15)6-13(11)18-14(8)17/h6,9,11,13H,1,4-5,7H2,2-3H3/t9-,11+,13+,15+/m0/s1. The van der Waals surface area contributed by atoms with Crippen LogP contribution in [0.2, 0.25) is 0 Å². The van der Waals surface area contributed by atoms with Crippen molar-refractivity contribution in [2.75, 3.05) is 0 Å². The molecule has 1 aliphatic heterocycles. The Morgan fingerprint density at radius 1 is 1.39 bits per heavy atom. The van der Waals surface area contributed by atoms with Gasteiger partial charge < -0.3 is 4.74 Å². The van der Waals surface area contributed by atoms with Crippen molar-refractivity contribution in [2.45, 2.75) is 39.2 Å². The third kappa shape index (κ3) is 1.36. The number of allylic oxidation sites excluding steroid dienone is 1. The second-order valence-electron chi connectivity index (χ2n) is 6.00. The molecule has 96 valence electrons. The van der Waals surface area contributed by atoms with E-state index in [-0.39, 0.29) is 29.3 Å². The number of carbonyl (C=O) groups is 2. The minimum Gasteiger partial charge on any atom is -0.454 e. The molecule has 3 aliphatic rings. The van der Waals surface area contributed by atoms with Crippen LogP contribution in [0.25, 0.3) is 0 Å². The van der Waals surface area contributed by atoms with Crippen molar-refractivity contribution in [3.8, 4) is 0 Å². The molecule has 2 aliphatic carbocycles. The van der Waals surface area contributed by atoms with Crippen molar-refractivity contribution in [2.24, 2.45) is 17.3 Å². The largest absolute Gasteiger partial charge is 0.454 e. The monoisotopic (exact) mass is 246 g/mol. The summed E-state index contributed by atoms with van der Waals surface area (Å²) in [5.74, 6) is 0.147. The lowest BCUT2D eigenvalue weighted by Crippen LogP contribution is -2.43. The minimum absolute atomic E-state index is 0.0296. The highest BCUT2D eigenvalue weighted by molar-refractivity contribution is 5.91. The highest BCUT2D eigenvalue weighted by Gasteiger charge is 2.51.